The minimum atomic E-state index is 0.605. The van der Waals surface area contributed by atoms with Crippen LogP contribution in [0.4, 0.5) is 5.69 Å². The lowest BCUT2D eigenvalue weighted by molar-refractivity contribution is 1.33. The standard InChI is InChI=1S/C15H14ClN3/c1-8-5-9(2)14-13(6-8)18-15(19-14)11-4-3-10(17)7-12(11)16/h3-7H,17H2,1-2H3,(H,18,19). The van der Waals surface area contributed by atoms with E-state index in [1.165, 1.54) is 5.56 Å². The Labute approximate surface area is 116 Å². The summed E-state index contributed by atoms with van der Waals surface area (Å²) in [5.74, 6) is 0.772. The highest BCUT2D eigenvalue weighted by Gasteiger charge is 2.10. The van der Waals surface area contributed by atoms with Crippen LogP contribution in [0.1, 0.15) is 11.1 Å². The molecular weight excluding hydrogens is 258 g/mol. The van der Waals surface area contributed by atoms with E-state index in [-0.39, 0.29) is 0 Å². The summed E-state index contributed by atoms with van der Waals surface area (Å²) in [6.45, 7) is 4.13. The maximum atomic E-state index is 6.22. The van der Waals surface area contributed by atoms with Gasteiger partial charge in [0.25, 0.3) is 0 Å². The van der Waals surface area contributed by atoms with Crippen molar-refractivity contribution < 1.29 is 0 Å². The van der Waals surface area contributed by atoms with Gasteiger partial charge in [-0.1, -0.05) is 17.7 Å². The molecule has 4 heteroatoms. The molecule has 0 saturated heterocycles. The third-order valence-corrected chi connectivity index (χ3v) is 3.48. The van der Waals surface area contributed by atoms with Crippen molar-refractivity contribution in [3.05, 3.63) is 46.5 Å². The van der Waals surface area contributed by atoms with Crippen LogP contribution in [0.15, 0.2) is 30.3 Å². The minimum Gasteiger partial charge on any atom is -0.399 e. The number of hydrogen-bond donors (Lipinski definition) is 2. The molecule has 2 aromatic carbocycles. The first-order valence-corrected chi connectivity index (χ1v) is 6.45. The molecule has 0 aliphatic rings. The van der Waals surface area contributed by atoms with E-state index in [1.54, 1.807) is 6.07 Å². The number of nitrogen functional groups attached to an aromatic ring is 1. The highest BCUT2D eigenvalue weighted by molar-refractivity contribution is 6.33. The van der Waals surface area contributed by atoms with Crippen LogP contribution in [0.25, 0.3) is 22.4 Å². The van der Waals surface area contributed by atoms with Crippen molar-refractivity contribution in [1.82, 2.24) is 9.97 Å². The molecule has 0 amide bonds. The number of fused-ring (bicyclic) bond motifs is 1. The smallest absolute Gasteiger partial charge is 0.140 e. The van der Waals surface area contributed by atoms with E-state index < -0.39 is 0 Å². The van der Waals surface area contributed by atoms with E-state index in [0.717, 1.165) is 28.0 Å². The molecule has 0 aliphatic heterocycles. The molecule has 96 valence electrons. The van der Waals surface area contributed by atoms with Crippen molar-refractivity contribution >= 4 is 28.3 Å². The second kappa shape index (κ2) is 4.28. The number of aryl methyl sites for hydroxylation is 2. The van der Waals surface area contributed by atoms with Gasteiger partial charge in [-0.15, -0.1) is 0 Å². The number of nitrogens with one attached hydrogen (secondary N) is 1. The van der Waals surface area contributed by atoms with Crippen molar-refractivity contribution in [2.24, 2.45) is 0 Å². The van der Waals surface area contributed by atoms with Crippen LogP contribution in [0.2, 0.25) is 5.02 Å². The number of nitrogens with two attached hydrogens (primary N) is 1. The number of nitrogens with zero attached hydrogens (tertiary/aromatic N) is 1. The van der Waals surface area contributed by atoms with Gasteiger partial charge >= 0.3 is 0 Å². The highest BCUT2D eigenvalue weighted by atomic mass is 35.5. The Morgan fingerprint density at radius 2 is 1.95 bits per heavy atom. The lowest BCUT2D eigenvalue weighted by Gasteiger charge is -2.01. The zero-order valence-electron chi connectivity index (χ0n) is 10.8. The summed E-state index contributed by atoms with van der Waals surface area (Å²) in [4.78, 5) is 7.95. The number of benzene rings is 2. The normalized spacial score (nSPS) is 11.1. The van der Waals surface area contributed by atoms with E-state index in [9.17, 15) is 0 Å². The second-order valence-corrected chi connectivity index (χ2v) is 5.21. The summed E-state index contributed by atoms with van der Waals surface area (Å²) in [5, 5.41) is 0.605. The van der Waals surface area contributed by atoms with Crippen LogP contribution in [0.3, 0.4) is 0 Å². The van der Waals surface area contributed by atoms with Crippen molar-refractivity contribution in [1.29, 1.82) is 0 Å². The number of H-pyrrole nitrogens is 1. The van der Waals surface area contributed by atoms with E-state index in [4.69, 9.17) is 17.3 Å². The fourth-order valence-corrected chi connectivity index (χ4v) is 2.60. The average Bonchev–Trinajstić information content (AvgIpc) is 2.72. The van der Waals surface area contributed by atoms with E-state index in [2.05, 4.69) is 35.9 Å². The summed E-state index contributed by atoms with van der Waals surface area (Å²) < 4.78 is 0. The van der Waals surface area contributed by atoms with Crippen LogP contribution >= 0.6 is 11.6 Å². The second-order valence-electron chi connectivity index (χ2n) is 4.80. The van der Waals surface area contributed by atoms with Gasteiger partial charge in [0.1, 0.15) is 5.82 Å². The Balaban J connectivity index is 2.23. The predicted octanol–water partition coefficient (Wildman–Crippen LogP) is 4.08. The first-order chi connectivity index (χ1) is 9.04. The van der Waals surface area contributed by atoms with E-state index in [0.29, 0.717) is 10.7 Å². The summed E-state index contributed by atoms with van der Waals surface area (Å²) in [6, 6.07) is 9.66. The van der Waals surface area contributed by atoms with Crippen molar-refractivity contribution in [2.75, 3.05) is 5.73 Å². The molecule has 0 radical (unpaired) electrons. The van der Waals surface area contributed by atoms with Gasteiger partial charge in [0.2, 0.25) is 0 Å². The molecule has 3 aromatic rings. The van der Waals surface area contributed by atoms with Crippen molar-refractivity contribution in [2.45, 2.75) is 13.8 Å². The molecule has 0 spiro atoms. The van der Waals surface area contributed by atoms with E-state index in [1.807, 2.05) is 12.1 Å². The predicted molar refractivity (Wildman–Crippen MR) is 80.4 cm³/mol. The van der Waals surface area contributed by atoms with Gasteiger partial charge in [-0.2, -0.15) is 0 Å². The maximum Gasteiger partial charge on any atom is 0.140 e. The van der Waals surface area contributed by atoms with Gasteiger partial charge in [-0.05, 0) is 49.2 Å². The fraction of sp³-hybridized carbons (Fsp3) is 0.133. The summed E-state index contributed by atoms with van der Waals surface area (Å²) >= 11 is 6.22. The Hall–Kier alpha value is -2.00. The van der Waals surface area contributed by atoms with Crippen LogP contribution in [-0.4, -0.2) is 9.97 Å². The zero-order chi connectivity index (χ0) is 13.6. The van der Waals surface area contributed by atoms with Gasteiger partial charge in [-0.3, -0.25) is 0 Å². The Morgan fingerprint density at radius 1 is 1.16 bits per heavy atom. The van der Waals surface area contributed by atoms with Crippen LogP contribution in [0.5, 0.6) is 0 Å². The van der Waals surface area contributed by atoms with Gasteiger partial charge in [0, 0.05) is 11.3 Å². The lowest BCUT2D eigenvalue weighted by atomic mass is 10.1. The number of anilines is 1. The molecular formula is C15H14ClN3. The molecule has 0 saturated carbocycles. The molecule has 3 N–H and O–H groups in total. The lowest BCUT2D eigenvalue weighted by Crippen LogP contribution is -1.87. The third kappa shape index (κ3) is 2.06. The quantitative estimate of drug-likeness (QED) is 0.655. The molecule has 0 bridgehead atoms. The highest BCUT2D eigenvalue weighted by Crippen LogP contribution is 2.30. The number of aromatic nitrogens is 2. The molecule has 19 heavy (non-hydrogen) atoms. The number of aromatic amines is 1. The van der Waals surface area contributed by atoms with Gasteiger partial charge in [0.15, 0.2) is 0 Å². The number of hydrogen-bond acceptors (Lipinski definition) is 2. The topological polar surface area (TPSA) is 54.7 Å². The summed E-state index contributed by atoms with van der Waals surface area (Å²) in [7, 11) is 0. The monoisotopic (exact) mass is 271 g/mol. The average molecular weight is 272 g/mol. The number of rotatable bonds is 1. The molecule has 3 rings (SSSR count). The zero-order valence-corrected chi connectivity index (χ0v) is 11.5. The molecule has 0 atom stereocenters. The van der Waals surface area contributed by atoms with Crippen LogP contribution < -0.4 is 5.73 Å². The molecule has 0 aliphatic carbocycles. The van der Waals surface area contributed by atoms with Crippen LogP contribution in [0, 0.1) is 13.8 Å². The van der Waals surface area contributed by atoms with Crippen LogP contribution in [-0.2, 0) is 0 Å². The minimum absolute atomic E-state index is 0.605. The molecule has 1 aromatic heterocycles. The Bertz CT molecular complexity index is 774. The first kappa shape index (κ1) is 12.1. The van der Waals surface area contributed by atoms with Gasteiger partial charge < -0.3 is 10.7 Å². The SMILES string of the molecule is Cc1cc(C)c2nc(-c3ccc(N)cc3Cl)[nH]c2c1. The van der Waals surface area contributed by atoms with E-state index >= 15 is 0 Å². The fourth-order valence-electron chi connectivity index (χ4n) is 2.32. The third-order valence-electron chi connectivity index (χ3n) is 3.17. The van der Waals surface area contributed by atoms with Crippen molar-refractivity contribution in [3.8, 4) is 11.4 Å². The molecule has 0 unspecified atom stereocenters. The number of halogens is 1. The maximum absolute atomic E-state index is 6.22. The van der Waals surface area contributed by atoms with Gasteiger partial charge in [-0.25, -0.2) is 4.98 Å². The summed E-state index contributed by atoms with van der Waals surface area (Å²) in [6.07, 6.45) is 0. The molecule has 0 fully saturated rings. The van der Waals surface area contributed by atoms with Crippen molar-refractivity contribution in [3.63, 3.8) is 0 Å². The molecule has 3 nitrogen and oxygen atoms in total. The first-order valence-electron chi connectivity index (χ1n) is 6.07. The largest absolute Gasteiger partial charge is 0.399 e. The Kier molecular flexibility index (Phi) is 2.72. The number of imidazole rings is 1. The summed E-state index contributed by atoms with van der Waals surface area (Å²) in [5.41, 5.74) is 11.6. The molecule has 1 heterocycles. The Morgan fingerprint density at radius 3 is 2.68 bits per heavy atom. The van der Waals surface area contributed by atoms with Gasteiger partial charge in [0.05, 0.1) is 16.1 Å².